The van der Waals surface area contributed by atoms with Crippen molar-refractivity contribution in [3.8, 4) is 0 Å². The van der Waals surface area contributed by atoms with Gasteiger partial charge in [0.2, 0.25) is 0 Å². The van der Waals surface area contributed by atoms with Crippen molar-refractivity contribution in [2.45, 2.75) is 91.2 Å². The van der Waals surface area contributed by atoms with E-state index in [1.807, 2.05) is 20.8 Å². The molecule has 1 saturated heterocycles. The Hall–Kier alpha value is -0.750. The van der Waals surface area contributed by atoms with Crippen LogP contribution in [0, 0.1) is 39.9 Å². The molecule has 1 aliphatic heterocycles. The molecule has 6 saturated carbocycles. The average Bonchev–Trinajstić information content (AvgIpc) is 3.06. The number of carbonyl (C=O) groups excluding carboxylic acids is 2. The molecule has 8 heteroatoms. The number of nitrogens with zero attached hydrogens (tertiary/aromatic N) is 1. The Balaban J connectivity index is 1.48. The third kappa shape index (κ3) is 2.68. The Bertz CT molecular complexity index is 976. The molecule has 0 aromatic heterocycles. The highest BCUT2D eigenvalue weighted by molar-refractivity contribution is 7.51. The normalized spacial score (nSPS) is 51.0. The summed E-state index contributed by atoms with van der Waals surface area (Å²) in [5, 5.41) is 0. The highest BCUT2D eigenvalue weighted by Gasteiger charge is 2.82. The maximum Gasteiger partial charge on any atom is 0.408 e. The number of Topliss-reactive ketones (excluding diaryl/α,β-unsaturated/α-hetero) is 1. The molecule has 0 N–H and O–H groups in total. The summed E-state index contributed by atoms with van der Waals surface area (Å²) in [6.45, 7) is 11.0. The second-order valence-corrected chi connectivity index (χ2v) is 14.7. The van der Waals surface area contributed by atoms with Crippen molar-refractivity contribution in [3.05, 3.63) is 0 Å². The van der Waals surface area contributed by atoms with E-state index in [-0.39, 0.29) is 40.1 Å². The van der Waals surface area contributed by atoms with E-state index < -0.39 is 13.3 Å². The van der Waals surface area contributed by atoms with E-state index in [1.165, 1.54) is 6.92 Å². The SMILES string of the molecule is CCOP(=O)(OCC)N1CC2(C)CCCC34CC5C(=O)C6CC3[C@]5(C[C@@H]1[C@H]24)CC6(C)OC(C)=O. The number of fused-ring (bicyclic) bond motifs is 1. The summed E-state index contributed by atoms with van der Waals surface area (Å²) in [6, 6.07) is 0.0690. The molecule has 190 valence electrons. The van der Waals surface area contributed by atoms with Crippen LogP contribution in [0.15, 0.2) is 0 Å². The van der Waals surface area contributed by atoms with Crippen LogP contribution >= 0.6 is 7.75 Å². The van der Waals surface area contributed by atoms with E-state index in [0.29, 0.717) is 30.8 Å². The van der Waals surface area contributed by atoms with Gasteiger partial charge in [-0.1, -0.05) is 13.3 Å². The minimum Gasteiger partial charge on any atom is -0.459 e. The Kier molecular flexibility index (Phi) is 4.99. The van der Waals surface area contributed by atoms with Crippen LogP contribution in [0.1, 0.15) is 79.6 Å². The van der Waals surface area contributed by atoms with Crippen LogP contribution in [0.2, 0.25) is 0 Å². The zero-order valence-electron chi connectivity index (χ0n) is 21.3. The first kappa shape index (κ1) is 23.6. The van der Waals surface area contributed by atoms with Gasteiger partial charge in [-0.15, -0.1) is 0 Å². The fourth-order valence-corrected chi connectivity index (χ4v) is 13.0. The first-order valence-electron chi connectivity index (χ1n) is 13.4. The van der Waals surface area contributed by atoms with E-state index in [1.54, 1.807) is 0 Å². The molecule has 5 bridgehead atoms. The number of ether oxygens (including phenoxy) is 1. The first-order valence-corrected chi connectivity index (χ1v) is 14.9. The van der Waals surface area contributed by atoms with E-state index in [4.69, 9.17) is 13.8 Å². The van der Waals surface area contributed by atoms with Crippen molar-refractivity contribution in [2.24, 2.45) is 39.9 Å². The van der Waals surface area contributed by atoms with Gasteiger partial charge in [0.15, 0.2) is 0 Å². The highest BCUT2D eigenvalue weighted by Crippen LogP contribution is 2.83. The summed E-state index contributed by atoms with van der Waals surface area (Å²) < 4.78 is 34.0. The van der Waals surface area contributed by atoms with Gasteiger partial charge in [-0.05, 0) is 87.4 Å². The summed E-state index contributed by atoms with van der Waals surface area (Å²) >= 11 is 0. The summed E-state index contributed by atoms with van der Waals surface area (Å²) in [4.78, 5) is 26.0. The third-order valence-corrected chi connectivity index (χ3v) is 13.4. The van der Waals surface area contributed by atoms with E-state index in [2.05, 4.69) is 11.6 Å². The molecule has 6 aliphatic carbocycles. The molecule has 0 aromatic carbocycles. The molecule has 7 nitrogen and oxygen atoms in total. The van der Waals surface area contributed by atoms with Crippen molar-refractivity contribution >= 4 is 19.5 Å². The van der Waals surface area contributed by atoms with Crippen LogP contribution in [0.25, 0.3) is 0 Å². The zero-order chi connectivity index (χ0) is 24.3. The smallest absolute Gasteiger partial charge is 0.408 e. The van der Waals surface area contributed by atoms with Crippen LogP contribution in [0.5, 0.6) is 0 Å². The highest BCUT2D eigenvalue weighted by atomic mass is 31.2. The van der Waals surface area contributed by atoms with Crippen molar-refractivity contribution in [3.63, 3.8) is 0 Å². The van der Waals surface area contributed by atoms with Gasteiger partial charge in [-0.25, -0.2) is 9.24 Å². The summed E-state index contributed by atoms with van der Waals surface area (Å²) in [7, 11) is -3.44. The van der Waals surface area contributed by atoms with Gasteiger partial charge in [0, 0.05) is 25.4 Å². The fourth-order valence-electron chi connectivity index (χ4n) is 10.9. The minimum atomic E-state index is -3.44. The Labute approximate surface area is 203 Å². The molecule has 1 heterocycles. The molecule has 0 radical (unpaired) electrons. The minimum absolute atomic E-state index is 0.0354. The Morgan fingerprint density at radius 1 is 1.09 bits per heavy atom. The predicted molar refractivity (Wildman–Crippen MR) is 126 cm³/mol. The standard InChI is InChI=1S/C26H40NO6P/c1-6-31-34(30,32-7-2)27-15-23(4)9-8-10-25-12-18-21(29)17-11-20(25)26(18,13-19(27)22(23)25)14-24(17,5)33-16(3)28/h17-20,22H,6-15H2,1-5H3/t17?,18?,19-,20?,22-,23?,24?,25?,26-/m1/s1. The fraction of sp³-hybridized carbons (Fsp3) is 0.923. The summed E-state index contributed by atoms with van der Waals surface area (Å²) in [6.07, 6.45) is 6.79. The molecule has 9 atom stereocenters. The second kappa shape index (κ2) is 7.18. The third-order valence-electron chi connectivity index (χ3n) is 11.2. The zero-order valence-corrected chi connectivity index (χ0v) is 22.2. The predicted octanol–water partition coefficient (Wildman–Crippen LogP) is 4.99. The molecular formula is C26H40NO6P. The van der Waals surface area contributed by atoms with E-state index in [0.717, 1.165) is 51.5 Å². The molecule has 34 heavy (non-hydrogen) atoms. The molecule has 7 fully saturated rings. The number of carbonyl (C=O) groups is 2. The monoisotopic (exact) mass is 493 g/mol. The van der Waals surface area contributed by atoms with Crippen LogP contribution in [-0.4, -0.2) is 47.8 Å². The topological polar surface area (TPSA) is 82.1 Å². The van der Waals surface area contributed by atoms with E-state index >= 15 is 0 Å². The lowest BCUT2D eigenvalue weighted by Gasteiger charge is -2.66. The quantitative estimate of drug-likeness (QED) is 0.381. The van der Waals surface area contributed by atoms with Crippen molar-refractivity contribution in [1.29, 1.82) is 0 Å². The lowest BCUT2D eigenvalue weighted by molar-refractivity contribution is -0.216. The van der Waals surface area contributed by atoms with Crippen molar-refractivity contribution in [2.75, 3.05) is 19.8 Å². The lowest BCUT2D eigenvalue weighted by Crippen LogP contribution is -2.67. The van der Waals surface area contributed by atoms with Crippen molar-refractivity contribution in [1.82, 2.24) is 4.67 Å². The number of rotatable bonds is 6. The van der Waals surface area contributed by atoms with Crippen LogP contribution < -0.4 is 0 Å². The maximum atomic E-state index is 14.2. The van der Waals surface area contributed by atoms with Gasteiger partial charge < -0.3 is 4.74 Å². The number of esters is 1. The van der Waals surface area contributed by atoms with Gasteiger partial charge in [-0.2, -0.15) is 0 Å². The van der Waals surface area contributed by atoms with Gasteiger partial charge in [0.05, 0.1) is 19.1 Å². The number of hydrogen-bond acceptors (Lipinski definition) is 6. The molecule has 7 rings (SSSR count). The summed E-state index contributed by atoms with van der Waals surface area (Å²) in [5.41, 5.74) is -0.783. The lowest BCUT2D eigenvalue weighted by atomic mass is 9.39. The molecule has 0 aromatic rings. The Morgan fingerprint density at radius 3 is 2.44 bits per heavy atom. The number of ketones is 1. The molecule has 7 aliphatic rings. The summed E-state index contributed by atoms with van der Waals surface area (Å²) in [5.74, 6) is 0.743. The van der Waals surface area contributed by atoms with Crippen LogP contribution in [-0.2, 0) is 27.9 Å². The largest absolute Gasteiger partial charge is 0.459 e. The Morgan fingerprint density at radius 2 is 1.79 bits per heavy atom. The van der Waals surface area contributed by atoms with Gasteiger partial charge in [-0.3, -0.25) is 18.6 Å². The van der Waals surface area contributed by atoms with E-state index in [9.17, 15) is 14.2 Å². The maximum absolute atomic E-state index is 14.2. The average molecular weight is 494 g/mol. The first-order chi connectivity index (χ1) is 16.0. The van der Waals surface area contributed by atoms with Gasteiger partial charge in [0.25, 0.3) is 0 Å². The van der Waals surface area contributed by atoms with Crippen LogP contribution in [0.4, 0.5) is 0 Å². The molecule has 6 unspecified atom stereocenters. The molecular weight excluding hydrogens is 453 g/mol. The number of hydrogen-bond donors (Lipinski definition) is 0. The van der Waals surface area contributed by atoms with Crippen molar-refractivity contribution < 1.29 is 27.9 Å². The second-order valence-electron chi connectivity index (χ2n) is 12.7. The van der Waals surface area contributed by atoms with Gasteiger partial charge in [0.1, 0.15) is 11.4 Å². The molecule has 2 spiro atoms. The van der Waals surface area contributed by atoms with Crippen LogP contribution in [0.3, 0.4) is 0 Å². The molecule has 0 amide bonds. The van der Waals surface area contributed by atoms with Gasteiger partial charge >= 0.3 is 13.7 Å².